The first-order valence-electron chi connectivity index (χ1n) is 12.4. The SMILES string of the molecule is COc1ccc(C(=O)N2CCCC(C(=O)N3CCN(Cc4ccccn4)CC3)C2)c2ccccc12. The number of nitrogens with zero attached hydrogens (tertiary/aromatic N) is 4. The molecule has 1 unspecified atom stereocenters. The number of pyridine rings is 1. The highest BCUT2D eigenvalue weighted by Crippen LogP contribution is 2.30. The van der Waals surface area contributed by atoms with Gasteiger partial charge >= 0.3 is 0 Å². The molecule has 5 rings (SSSR count). The number of hydrogen-bond donors (Lipinski definition) is 0. The molecule has 2 saturated heterocycles. The first-order chi connectivity index (χ1) is 17.1. The third-order valence-corrected chi connectivity index (χ3v) is 7.19. The molecule has 1 aromatic heterocycles. The minimum Gasteiger partial charge on any atom is -0.496 e. The number of hydrogen-bond acceptors (Lipinski definition) is 5. The molecule has 7 heteroatoms. The summed E-state index contributed by atoms with van der Waals surface area (Å²) in [5.74, 6) is 0.784. The fraction of sp³-hybridized carbons (Fsp3) is 0.393. The largest absolute Gasteiger partial charge is 0.496 e. The Morgan fingerprint density at radius 2 is 1.69 bits per heavy atom. The molecule has 0 bridgehead atoms. The molecule has 3 heterocycles. The Morgan fingerprint density at radius 1 is 0.914 bits per heavy atom. The van der Waals surface area contributed by atoms with E-state index in [0.717, 1.165) is 67.8 Å². The molecule has 2 aromatic carbocycles. The molecule has 0 saturated carbocycles. The van der Waals surface area contributed by atoms with Gasteiger partial charge in [-0.1, -0.05) is 30.3 Å². The van der Waals surface area contributed by atoms with E-state index >= 15 is 0 Å². The van der Waals surface area contributed by atoms with Crippen molar-refractivity contribution >= 4 is 22.6 Å². The predicted octanol–water partition coefficient (Wildman–Crippen LogP) is 3.44. The minimum atomic E-state index is -0.139. The van der Waals surface area contributed by atoms with E-state index in [1.165, 1.54) is 0 Å². The standard InChI is InChI=1S/C28H32N4O3/c1-35-26-12-11-25(23-9-2-3-10-24(23)26)28(34)32-14-6-7-21(19-32)27(33)31-17-15-30(16-18-31)20-22-8-4-5-13-29-22/h2-5,8-13,21H,6-7,14-20H2,1H3. The average Bonchev–Trinajstić information content (AvgIpc) is 2.93. The highest BCUT2D eigenvalue weighted by Gasteiger charge is 2.33. The molecule has 7 nitrogen and oxygen atoms in total. The van der Waals surface area contributed by atoms with Crippen LogP contribution in [0, 0.1) is 5.92 Å². The molecule has 0 N–H and O–H groups in total. The Balaban J connectivity index is 1.22. The number of aromatic nitrogens is 1. The van der Waals surface area contributed by atoms with Gasteiger partial charge in [0.25, 0.3) is 5.91 Å². The second-order valence-electron chi connectivity index (χ2n) is 9.37. The highest BCUT2D eigenvalue weighted by molar-refractivity contribution is 6.08. The van der Waals surface area contributed by atoms with Crippen molar-refractivity contribution in [3.05, 3.63) is 72.1 Å². The lowest BCUT2D eigenvalue weighted by Gasteiger charge is -2.39. The van der Waals surface area contributed by atoms with Gasteiger partial charge < -0.3 is 14.5 Å². The van der Waals surface area contributed by atoms with Crippen LogP contribution in [0.25, 0.3) is 10.8 Å². The van der Waals surface area contributed by atoms with E-state index in [0.29, 0.717) is 18.7 Å². The number of piperazine rings is 1. The Bertz CT molecular complexity index is 1190. The van der Waals surface area contributed by atoms with Gasteiger partial charge in [-0.3, -0.25) is 19.5 Å². The molecule has 0 radical (unpaired) electrons. The van der Waals surface area contributed by atoms with Crippen molar-refractivity contribution in [3.8, 4) is 5.75 Å². The molecule has 2 aliphatic rings. The maximum atomic E-state index is 13.5. The number of rotatable bonds is 5. The van der Waals surface area contributed by atoms with Gasteiger partial charge in [0.1, 0.15) is 5.75 Å². The maximum Gasteiger partial charge on any atom is 0.254 e. The molecule has 35 heavy (non-hydrogen) atoms. The second kappa shape index (κ2) is 10.4. The summed E-state index contributed by atoms with van der Waals surface area (Å²) in [4.78, 5) is 37.5. The number of likely N-dealkylation sites (tertiary alicyclic amines) is 1. The van der Waals surface area contributed by atoms with Crippen LogP contribution < -0.4 is 4.74 Å². The van der Waals surface area contributed by atoms with E-state index in [4.69, 9.17) is 4.74 Å². The van der Waals surface area contributed by atoms with Crippen LogP contribution in [0.3, 0.4) is 0 Å². The minimum absolute atomic E-state index is 0.0125. The maximum absolute atomic E-state index is 13.5. The number of fused-ring (bicyclic) bond motifs is 1. The van der Waals surface area contributed by atoms with Crippen LogP contribution in [0.5, 0.6) is 5.75 Å². The van der Waals surface area contributed by atoms with Gasteiger partial charge in [0.2, 0.25) is 5.91 Å². The summed E-state index contributed by atoms with van der Waals surface area (Å²) >= 11 is 0. The van der Waals surface area contributed by atoms with Crippen LogP contribution in [0.4, 0.5) is 0 Å². The van der Waals surface area contributed by atoms with Crippen molar-refractivity contribution in [2.45, 2.75) is 19.4 Å². The zero-order valence-corrected chi connectivity index (χ0v) is 20.2. The fourth-order valence-corrected chi connectivity index (χ4v) is 5.27. The summed E-state index contributed by atoms with van der Waals surface area (Å²) in [6.07, 6.45) is 3.50. The lowest BCUT2D eigenvalue weighted by Crippen LogP contribution is -2.52. The number of methoxy groups -OCH3 is 1. The van der Waals surface area contributed by atoms with Crippen molar-refractivity contribution in [1.82, 2.24) is 19.7 Å². The van der Waals surface area contributed by atoms with Crippen LogP contribution in [0.15, 0.2) is 60.8 Å². The average molecular weight is 473 g/mol. The number of amides is 2. The van der Waals surface area contributed by atoms with E-state index in [1.54, 1.807) is 7.11 Å². The van der Waals surface area contributed by atoms with E-state index in [-0.39, 0.29) is 17.7 Å². The van der Waals surface area contributed by atoms with E-state index in [2.05, 4.69) is 9.88 Å². The van der Waals surface area contributed by atoms with Crippen molar-refractivity contribution in [2.24, 2.45) is 5.92 Å². The Morgan fingerprint density at radius 3 is 2.43 bits per heavy atom. The van der Waals surface area contributed by atoms with E-state index in [1.807, 2.05) is 70.6 Å². The number of carbonyl (C=O) groups is 2. The molecular weight excluding hydrogens is 440 g/mol. The van der Waals surface area contributed by atoms with Crippen molar-refractivity contribution < 1.29 is 14.3 Å². The molecule has 2 aliphatic heterocycles. The fourth-order valence-electron chi connectivity index (χ4n) is 5.27. The number of piperidine rings is 1. The molecule has 2 amide bonds. The molecule has 0 spiro atoms. The summed E-state index contributed by atoms with van der Waals surface area (Å²) in [6.45, 7) is 5.10. The number of benzene rings is 2. The molecule has 182 valence electrons. The first-order valence-corrected chi connectivity index (χ1v) is 12.4. The number of ether oxygens (including phenoxy) is 1. The summed E-state index contributed by atoms with van der Waals surface area (Å²) in [7, 11) is 1.64. The third-order valence-electron chi connectivity index (χ3n) is 7.19. The molecule has 3 aromatic rings. The normalized spacial score (nSPS) is 19.1. The summed E-state index contributed by atoms with van der Waals surface area (Å²) < 4.78 is 5.48. The van der Waals surface area contributed by atoms with Gasteiger partial charge in [0.15, 0.2) is 0 Å². The van der Waals surface area contributed by atoms with Crippen LogP contribution >= 0.6 is 0 Å². The van der Waals surface area contributed by atoms with Gasteiger partial charge in [0, 0.05) is 63.0 Å². The zero-order chi connectivity index (χ0) is 24.2. The smallest absolute Gasteiger partial charge is 0.254 e. The van der Waals surface area contributed by atoms with Gasteiger partial charge in [-0.25, -0.2) is 0 Å². The molecule has 1 atom stereocenters. The Kier molecular flexibility index (Phi) is 6.95. The van der Waals surface area contributed by atoms with Gasteiger partial charge in [-0.2, -0.15) is 0 Å². The third kappa shape index (κ3) is 5.00. The Hall–Kier alpha value is -3.45. The van der Waals surface area contributed by atoms with E-state index < -0.39 is 0 Å². The lowest BCUT2D eigenvalue weighted by molar-refractivity contribution is -0.138. The number of carbonyl (C=O) groups excluding carboxylic acids is 2. The van der Waals surface area contributed by atoms with Crippen molar-refractivity contribution in [3.63, 3.8) is 0 Å². The highest BCUT2D eigenvalue weighted by atomic mass is 16.5. The Labute approximate surface area is 206 Å². The van der Waals surface area contributed by atoms with Gasteiger partial charge in [0.05, 0.1) is 18.7 Å². The molecular formula is C28H32N4O3. The van der Waals surface area contributed by atoms with Crippen molar-refractivity contribution in [2.75, 3.05) is 46.4 Å². The van der Waals surface area contributed by atoms with E-state index in [9.17, 15) is 9.59 Å². The van der Waals surface area contributed by atoms with Crippen LogP contribution in [-0.2, 0) is 11.3 Å². The van der Waals surface area contributed by atoms with Crippen LogP contribution in [0.2, 0.25) is 0 Å². The predicted molar refractivity (Wildman–Crippen MR) is 135 cm³/mol. The molecule has 0 aliphatic carbocycles. The second-order valence-corrected chi connectivity index (χ2v) is 9.37. The quantitative estimate of drug-likeness (QED) is 0.569. The van der Waals surface area contributed by atoms with Crippen LogP contribution in [-0.4, -0.2) is 77.9 Å². The lowest BCUT2D eigenvalue weighted by atomic mass is 9.94. The summed E-state index contributed by atoms with van der Waals surface area (Å²) in [5.41, 5.74) is 1.72. The van der Waals surface area contributed by atoms with Crippen LogP contribution in [0.1, 0.15) is 28.9 Å². The molecule has 2 fully saturated rings. The van der Waals surface area contributed by atoms with Crippen molar-refractivity contribution in [1.29, 1.82) is 0 Å². The monoisotopic (exact) mass is 472 g/mol. The van der Waals surface area contributed by atoms with Gasteiger partial charge in [-0.15, -0.1) is 0 Å². The topological polar surface area (TPSA) is 66.0 Å². The zero-order valence-electron chi connectivity index (χ0n) is 20.2. The van der Waals surface area contributed by atoms with Gasteiger partial charge in [-0.05, 0) is 42.5 Å². The summed E-state index contributed by atoms with van der Waals surface area (Å²) in [5, 5.41) is 1.81. The summed E-state index contributed by atoms with van der Waals surface area (Å²) in [6, 6.07) is 17.5. The first kappa shape index (κ1) is 23.3.